The summed E-state index contributed by atoms with van der Waals surface area (Å²) in [6.45, 7) is 10.8. The summed E-state index contributed by atoms with van der Waals surface area (Å²) in [5.74, 6) is 0.809. The minimum atomic E-state index is 0.809. The highest BCUT2D eigenvalue weighted by Gasteiger charge is 1.93. The minimum absolute atomic E-state index is 0.809. The molecule has 0 heterocycles. The molecule has 0 saturated heterocycles. The van der Waals surface area contributed by atoms with Crippen LogP contribution in [0.25, 0.3) is 0 Å². The van der Waals surface area contributed by atoms with Crippen LogP contribution in [0.4, 0.5) is 0 Å². The first-order valence-electron chi connectivity index (χ1n) is 6.05. The Morgan fingerprint density at radius 1 is 1.07 bits per heavy atom. The topological polar surface area (TPSA) is 21.3 Å². The van der Waals surface area contributed by atoms with Crippen LogP contribution in [0.1, 0.15) is 46.5 Å². The molecule has 2 nitrogen and oxygen atoms in total. The van der Waals surface area contributed by atoms with Crippen molar-refractivity contribution >= 4 is 0 Å². The molecule has 0 rings (SSSR count). The Morgan fingerprint density at radius 2 is 1.79 bits per heavy atom. The van der Waals surface area contributed by atoms with E-state index in [1.54, 1.807) is 0 Å². The van der Waals surface area contributed by atoms with Gasteiger partial charge in [0.05, 0.1) is 0 Å². The van der Waals surface area contributed by atoms with E-state index in [1.807, 2.05) is 0 Å². The molecular weight excluding hydrogens is 174 g/mol. The van der Waals surface area contributed by atoms with Gasteiger partial charge in [-0.25, -0.2) is 0 Å². The quantitative estimate of drug-likeness (QED) is 0.549. The third-order valence-corrected chi connectivity index (χ3v) is 2.18. The molecule has 0 aromatic carbocycles. The van der Waals surface area contributed by atoms with Gasteiger partial charge in [0.25, 0.3) is 0 Å². The van der Waals surface area contributed by atoms with Crippen LogP contribution in [-0.2, 0) is 4.74 Å². The van der Waals surface area contributed by atoms with Crippen molar-refractivity contribution in [2.45, 2.75) is 46.5 Å². The maximum absolute atomic E-state index is 5.46. The van der Waals surface area contributed by atoms with Crippen molar-refractivity contribution in [1.82, 2.24) is 5.32 Å². The van der Waals surface area contributed by atoms with E-state index < -0.39 is 0 Å². The third-order valence-electron chi connectivity index (χ3n) is 2.18. The van der Waals surface area contributed by atoms with Gasteiger partial charge < -0.3 is 10.1 Å². The normalized spacial score (nSPS) is 11.1. The number of hydrogen-bond acceptors (Lipinski definition) is 2. The van der Waals surface area contributed by atoms with E-state index in [1.165, 1.54) is 19.3 Å². The van der Waals surface area contributed by atoms with Crippen molar-refractivity contribution in [2.24, 2.45) is 5.92 Å². The monoisotopic (exact) mass is 201 g/mol. The van der Waals surface area contributed by atoms with Gasteiger partial charge in [-0.1, -0.05) is 27.2 Å². The van der Waals surface area contributed by atoms with E-state index in [0.717, 1.165) is 38.6 Å². The lowest BCUT2D eigenvalue weighted by Crippen LogP contribution is -2.19. The van der Waals surface area contributed by atoms with E-state index in [9.17, 15) is 0 Å². The number of nitrogens with one attached hydrogen (secondary N) is 1. The number of rotatable bonds is 10. The van der Waals surface area contributed by atoms with Gasteiger partial charge in [-0.15, -0.1) is 0 Å². The van der Waals surface area contributed by atoms with Crippen molar-refractivity contribution in [2.75, 3.05) is 26.3 Å². The Kier molecular flexibility index (Phi) is 10.9. The Balaban J connectivity index is 2.85. The number of hydrogen-bond donors (Lipinski definition) is 1. The molecule has 0 fully saturated rings. The lowest BCUT2D eigenvalue weighted by Gasteiger charge is -2.07. The average molecular weight is 201 g/mol. The summed E-state index contributed by atoms with van der Waals surface area (Å²) in [6, 6.07) is 0. The van der Waals surface area contributed by atoms with Crippen molar-refractivity contribution in [3.63, 3.8) is 0 Å². The van der Waals surface area contributed by atoms with Crippen LogP contribution in [-0.4, -0.2) is 26.3 Å². The summed E-state index contributed by atoms with van der Waals surface area (Å²) in [6.07, 6.45) is 4.84. The molecule has 0 aliphatic rings. The van der Waals surface area contributed by atoms with Gasteiger partial charge in [0.2, 0.25) is 0 Å². The Labute approximate surface area is 89.4 Å². The van der Waals surface area contributed by atoms with Crippen molar-refractivity contribution < 1.29 is 4.74 Å². The van der Waals surface area contributed by atoms with E-state index in [-0.39, 0.29) is 0 Å². The summed E-state index contributed by atoms with van der Waals surface area (Å²) < 4.78 is 5.46. The maximum Gasteiger partial charge on any atom is 0.0478 e. The van der Waals surface area contributed by atoms with E-state index in [4.69, 9.17) is 4.74 Å². The SMILES string of the molecule is CCCCOCCCNCCC(C)C. The van der Waals surface area contributed by atoms with Gasteiger partial charge in [0, 0.05) is 13.2 Å². The van der Waals surface area contributed by atoms with Crippen LogP contribution in [0.15, 0.2) is 0 Å². The molecule has 0 saturated carbocycles. The Bertz CT molecular complexity index is 104. The first-order valence-corrected chi connectivity index (χ1v) is 6.05. The van der Waals surface area contributed by atoms with Crippen molar-refractivity contribution in [1.29, 1.82) is 0 Å². The zero-order chi connectivity index (χ0) is 10.6. The molecular formula is C12H27NO. The van der Waals surface area contributed by atoms with Crippen LogP contribution in [0.2, 0.25) is 0 Å². The first-order chi connectivity index (χ1) is 6.77. The van der Waals surface area contributed by atoms with Crippen LogP contribution in [0.5, 0.6) is 0 Å². The van der Waals surface area contributed by atoms with E-state index in [2.05, 4.69) is 26.1 Å². The maximum atomic E-state index is 5.46. The molecule has 2 heteroatoms. The molecule has 86 valence electrons. The van der Waals surface area contributed by atoms with Gasteiger partial charge in [-0.05, 0) is 38.3 Å². The number of ether oxygens (including phenoxy) is 1. The van der Waals surface area contributed by atoms with Gasteiger partial charge in [-0.3, -0.25) is 0 Å². The minimum Gasteiger partial charge on any atom is -0.381 e. The van der Waals surface area contributed by atoms with Gasteiger partial charge in [0.15, 0.2) is 0 Å². The fourth-order valence-corrected chi connectivity index (χ4v) is 1.16. The molecule has 0 aliphatic carbocycles. The van der Waals surface area contributed by atoms with E-state index >= 15 is 0 Å². The summed E-state index contributed by atoms with van der Waals surface area (Å²) >= 11 is 0. The molecule has 0 unspecified atom stereocenters. The Morgan fingerprint density at radius 3 is 2.43 bits per heavy atom. The third kappa shape index (κ3) is 11.9. The zero-order valence-corrected chi connectivity index (χ0v) is 10.1. The van der Waals surface area contributed by atoms with Crippen LogP contribution >= 0.6 is 0 Å². The highest BCUT2D eigenvalue weighted by Crippen LogP contribution is 1.96. The molecule has 0 aromatic rings. The van der Waals surface area contributed by atoms with Crippen molar-refractivity contribution in [3.05, 3.63) is 0 Å². The summed E-state index contributed by atoms with van der Waals surface area (Å²) in [7, 11) is 0. The lowest BCUT2D eigenvalue weighted by molar-refractivity contribution is 0.129. The predicted octanol–water partition coefficient (Wildman–Crippen LogP) is 2.83. The highest BCUT2D eigenvalue weighted by molar-refractivity contribution is 4.50. The van der Waals surface area contributed by atoms with Crippen LogP contribution in [0, 0.1) is 5.92 Å². The Hall–Kier alpha value is -0.0800. The molecule has 0 radical (unpaired) electrons. The van der Waals surface area contributed by atoms with Crippen LogP contribution < -0.4 is 5.32 Å². The lowest BCUT2D eigenvalue weighted by atomic mass is 10.1. The molecule has 0 aliphatic heterocycles. The van der Waals surface area contributed by atoms with Crippen molar-refractivity contribution in [3.8, 4) is 0 Å². The molecule has 0 aromatic heterocycles. The highest BCUT2D eigenvalue weighted by atomic mass is 16.5. The summed E-state index contributed by atoms with van der Waals surface area (Å²) in [4.78, 5) is 0. The predicted molar refractivity (Wildman–Crippen MR) is 62.7 cm³/mol. The second kappa shape index (κ2) is 11.0. The zero-order valence-electron chi connectivity index (χ0n) is 10.1. The molecule has 0 atom stereocenters. The largest absolute Gasteiger partial charge is 0.381 e. The molecule has 0 bridgehead atoms. The van der Waals surface area contributed by atoms with E-state index in [0.29, 0.717) is 0 Å². The smallest absolute Gasteiger partial charge is 0.0478 e. The average Bonchev–Trinajstić information content (AvgIpc) is 2.15. The van der Waals surface area contributed by atoms with Crippen LogP contribution in [0.3, 0.4) is 0 Å². The molecule has 0 spiro atoms. The fourth-order valence-electron chi connectivity index (χ4n) is 1.16. The summed E-state index contributed by atoms with van der Waals surface area (Å²) in [5.41, 5.74) is 0. The van der Waals surface area contributed by atoms with Gasteiger partial charge in [-0.2, -0.15) is 0 Å². The molecule has 0 amide bonds. The van der Waals surface area contributed by atoms with Gasteiger partial charge in [0.1, 0.15) is 0 Å². The second-order valence-corrected chi connectivity index (χ2v) is 4.25. The summed E-state index contributed by atoms with van der Waals surface area (Å²) in [5, 5.41) is 3.43. The molecule has 1 N–H and O–H groups in total. The molecule has 14 heavy (non-hydrogen) atoms. The second-order valence-electron chi connectivity index (χ2n) is 4.25. The number of unbranched alkanes of at least 4 members (excludes halogenated alkanes) is 1. The van der Waals surface area contributed by atoms with Gasteiger partial charge >= 0.3 is 0 Å². The fraction of sp³-hybridized carbons (Fsp3) is 1.00. The standard InChI is InChI=1S/C12H27NO/c1-4-5-10-14-11-6-8-13-9-7-12(2)3/h12-13H,4-11H2,1-3H3. The first kappa shape index (κ1) is 13.9.